The highest BCUT2D eigenvalue weighted by molar-refractivity contribution is 6.00. The fraction of sp³-hybridized carbons (Fsp3) is 0.429. The minimum Gasteiger partial charge on any atom is -0.497 e. The molecule has 0 aliphatic heterocycles. The number of methoxy groups -OCH3 is 1. The number of aliphatic hydroxyl groups is 1. The van der Waals surface area contributed by atoms with Crippen LogP contribution >= 0.6 is 0 Å². The third kappa shape index (κ3) is 3.79. The van der Waals surface area contributed by atoms with Gasteiger partial charge in [0, 0.05) is 5.56 Å². The minimum atomic E-state index is -1.45. The van der Waals surface area contributed by atoms with Crippen molar-refractivity contribution in [3.8, 4) is 5.75 Å². The Morgan fingerprint density at radius 3 is 2.32 bits per heavy atom. The lowest BCUT2D eigenvalue weighted by atomic mass is 9.94. The van der Waals surface area contributed by atoms with Crippen LogP contribution in [0.25, 0.3) is 0 Å². The first-order chi connectivity index (χ1) is 9.01. The molecule has 19 heavy (non-hydrogen) atoms. The van der Waals surface area contributed by atoms with Gasteiger partial charge in [-0.05, 0) is 31.2 Å². The summed E-state index contributed by atoms with van der Waals surface area (Å²) >= 11 is 0. The summed E-state index contributed by atoms with van der Waals surface area (Å²) in [6.07, 6.45) is -1.45. The zero-order chi connectivity index (χ0) is 14.4. The molecule has 0 saturated carbocycles. The lowest BCUT2D eigenvalue weighted by Gasteiger charge is -2.16. The number of carbonyl (C=O) groups excluding carboxylic acids is 2. The molecule has 2 atom stereocenters. The molecule has 0 amide bonds. The molecule has 0 unspecified atom stereocenters. The largest absolute Gasteiger partial charge is 0.497 e. The minimum absolute atomic E-state index is 0.166. The van der Waals surface area contributed by atoms with Crippen molar-refractivity contribution in [2.45, 2.75) is 20.0 Å². The number of hydrogen-bond donors (Lipinski definition) is 1. The van der Waals surface area contributed by atoms with Crippen LogP contribution in [0.4, 0.5) is 0 Å². The Bertz CT molecular complexity index is 438. The summed E-state index contributed by atoms with van der Waals surface area (Å²) < 4.78 is 9.68. The van der Waals surface area contributed by atoms with Gasteiger partial charge in [0.1, 0.15) is 5.75 Å². The monoisotopic (exact) mass is 266 g/mol. The molecular formula is C14H18O5. The SMILES string of the molecule is CCOC(=O)[C@@H](O)[C@@H](C)C(=O)c1ccc(OC)cc1. The van der Waals surface area contributed by atoms with E-state index in [2.05, 4.69) is 4.74 Å². The van der Waals surface area contributed by atoms with Gasteiger partial charge in [-0.25, -0.2) is 4.79 Å². The Hall–Kier alpha value is -1.88. The molecule has 5 heteroatoms. The zero-order valence-corrected chi connectivity index (χ0v) is 11.3. The van der Waals surface area contributed by atoms with Crippen molar-refractivity contribution in [3.05, 3.63) is 29.8 Å². The van der Waals surface area contributed by atoms with E-state index in [4.69, 9.17) is 4.74 Å². The summed E-state index contributed by atoms with van der Waals surface area (Å²) in [7, 11) is 1.53. The van der Waals surface area contributed by atoms with Crippen LogP contribution in [0, 0.1) is 5.92 Å². The van der Waals surface area contributed by atoms with E-state index < -0.39 is 18.0 Å². The number of aliphatic hydroxyl groups excluding tert-OH is 1. The standard InChI is InChI=1S/C14H18O5/c1-4-19-14(17)13(16)9(2)12(15)10-5-7-11(18-3)8-6-10/h5-9,13,16H,4H2,1-3H3/t9-,13-/m0/s1. The number of ether oxygens (including phenoxy) is 2. The van der Waals surface area contributed by atoms with E-state index in [-0.39, 0.29) is 12.4 Å². The average molecular weight is 266 g/mol. The van der Waals surface area contributed by atoms with Crippen molar-refractivity contribution < 1.29 is 24.2 Å². The number of hydrogen-bond acceptors (Lipinski definition) is 5. The van der Waals surface area contributed by atoms with Crippen LogP contribution in [0.3, 0.4) is 0 Å². The van der Waals surface area contributed by atoms with Gasteiger partial charge in [0.05, 0.1) is 19.6 Å². The fourth-order valence-corrected chi connectivity index (χ4v) is 1.59. The maximum absolute atomic E-state index is 12.1. The summed E-state index contributed by atoms with van der Waals surface area (Å²) in [5.41, 5.74) is 0.414. The molecule has 0 bridgehead atoms. The normalized spacial score (nSPS) is 13.5. The van der Waals surface area contributed by atoms with E-state index in [1.807, 2.05) is 0 Å². The van der Waals surface area contributed by atoms with Crippen LogP contribution in [-0.2, 0) is 9.53 Å². The Morgan fingerprint density at radius 1 is 1.26 bits per heavy atom. The fourth-order valence-electron chi connectivity index (χ4n) is 1.59. The topological polar surface area (TPSA) is 72.8 Å². The van der Waals surface area contributed by atoms with E-state index in [0.717, 1.165) is 0 Å². The second kappa shape index (κ2) is 6.89. The van der Waals surface area contributed by atoms with E-state index in [1.54, 1.807) is 31.2 Å². The van der Waals surface area contributed by atoms with Crippen molar-refractivity contribution in [3.63, 3.8) is 0 Å². The van der Waals surface area contributed by atoms with Crippen molar-refractivity contribution in [2.24, 2.45) is 5.92 Å². The molecule has 0 fully saturated rings. The summed E-state index contributed by atoms with van der Waals surface area (Å²) in [6, 6.07) is 6.48. The Kier molecular flexibility index (Phi) is 5.51. The smallest absolute Gasteiger partial charge is 0.335 e. The molecule has 0 aliphatic rings. The third-order valence-corrected chi connectivity index (χ3v) is 2.79. The third-order valence-electron chi connectivity index (χ3n) is 2.79. The van der Waals surface area contributed by atoms with Gasteiger partial charge in [-0.15, -0.1) is 0 Å². The quantitative estimate of drug-likeness (QED) is 0.623. The van der Waals surface area contributed by atoms with Gasteiger partial charge in [0.15, 0.2) is 11.9 Å². The summed E-state index contributed by atoms with van der Waals surface area (Å²) in [5, 5.41) is 9.73. The highest BCUT2D eigenvalue weighted by atomic mass is 16.5. The highest BCUT2D eigenvalue weighted by Crippen LogP contribution is 2.17. The predicted molar refractivity (Wildman–Crippen MR) is 69.1 cm³/mol. The van der Waals surface area contributed by atoms with Crippen LogP contribution in [0.2, 0.25) is 0 Å². The molecular weight excluding hydrogens is 248 g/mol. The van der Waals surface area contributed by atoms with Gasteiger partial charge in [0.2, 0.25) is 0 Å². The lowest BCUT2D eigenvalue weighted by Crippen LogP contribution is -2.34. The van der Waals surface area contributed by atoms with Gasteiger partial charge in [-0.3, -0.25) is 4.79 Å². The lowest BCUT2D eigenvalue weighted by molar-refractivity contribution is -0.154. The molecule has 1 aromatic rings. The summed E-state index contributed by atoms with van der Waals surface area (Å²) in [5.74, 6) is -1.32. The average Bonchev–Trinajstić information content (AvgIpc) is 2.45. The molecule has 0 aliphatic carbocycles. The van der Waals surface area contributed by atoms with Gasteiger partial charge in [-0.1, -0.05) is 6.92 Å². The maximum Gasteiger partial charge on any atom is 0.335 e. The maximum atomic E-state index is 12.1. The van der Waals surface area contributed by atoms with E-state index >= 15 is 0 Å². The van der Waals surface area contributed by atoms with Gasteiger partial charge in [-0.2, -0.15) is 0 Å². The summed E-state index contributed by atoms with van der Waals surface area (Å²) in [4.78, 5) is 23.5. The molecule has 1 N–H and O–H groups in total. The number of rotatable bonds is 6. The first-order valence-corrected chi connectivity index (χ1v) is 6.04. The van der Waals surface area contributed by atoms with Crippen LogP contribution in [-0.4, -0.2) is 36.7 Å². The van der Waals surface area contributed by atoms with Gasteiger partial charge in [0.25, 0.3) is 0 Å². The van der Waals surface area contributed by atoms with E-state index in [0.29, 0.717) is 11.3 Å². The zero-order valence-electron chi connectivity index (χ0n) is 11.3. The van der Waals surface area contributed by atoms with Crippen molar-refractivity contribution >= 4 is 11.8 Å². The Morgan fingerprint density at radius 2 is 1.84 bits per heavy atom. The van der Waals surface area contributed by atoms with Gasteiger partial charge >= 0.3 is 5.97 Å². The molecule has 0 spiro atoms. The van der Waals surface area contributed by atoms with Crippen LogP contribution in [0.15, 0.2) is 24.3 Å². The van der Waals surface area contributed by atoms with Crippen LogP contribution in [0.5, 0.6) is 5.75 Å². The number of carbonyl (C=O) groups is 2. The molecule has 0 aromatic heterocycles. The molecule has 0 heterocycles. The highest BCUT2D eigenvalue weighted by Gasteiger charge is 2.29. The number of Topliss-reactive ketones (excluding diaryl/α,β-unsaturated/α-hetero) is 1. The molecule has 0 radical (unpaired) electrons. The summed E-state index contributed by atoms with van der Waals surface area (Å²) in [6.45, 7) is 3.30. The Balaban J connectivity index is 2.77. The number of benzene rings is 1. The van der Waals surface area contributed by atoms with Crippen LogP contribution < -0.4 is 4.74 Å². The molecule has 1 rings (SSSR count). The van der Waals surface area contributed by atoms with E-state index in [1.165, 1.54) is 14.0 Å². The van der Waals surface area contributed by atoms with E-state index in [9.17, 15) is 14.7 Å². The first-order valence-electron chi connectivity index (χ1n) is 6.04. The Labute approximate surface area is 112 Å². The second-order valence-electron chi connectivity index (χ2n) is 4.08. The predicted octanol–water partition coefficient (Wildman–Crippen LogP) is 1.44. The van der Waals surface area contributed by atoms with Gasteiger partial charge < -0.3 is 14.6 Å². The number of ketones is 1. The van der Waals surface area contributed by atoms with Crippen molar-refractivity contribution in [1.82, 2.24) is 0 Å². The first kappa shape index (κ1) is 15.2. The molecule has 5 nitrogen and oxygen atoms in total. The van der Waals surface area contributed by atoms with Crippen LogP contribution in [0.1, 0.15) is 24.2 Å². The molecule has 1 aromatic carbocycles. The van der Waals surface area contributed by atoms with Crippen molar-refractivity contribution in [1.29, 1.82) is 0 Å². The molecule has 104 valence electrons. The molecule has 0 saturated heterocycles. The van der Waals surface area contributed by atoms with Crippen molar-refractivity contribution in [2.75, 3.05) is 13.7 Å². The second-order valence-corrected chi connectivity index (χ2v) is 4.08. The number of esters is 1.